The first-order valence-corrected chi connectivity index (χ1v) is 13.6. The smallest absolute Gasteiger partial charge is 0.349 e. The number of hydrogen-bond acceptors (Lipinski definition) is 4. The van der Waals surface area contributed by atoms with E-state index in [0.717, 1.165) is 49.1 Å². The van der Waals surface area contributed by atoms with Gasteiger partial charge < -0.3 is 5.32 Å². The maximum Gasteiger partial charge on any atom is 0.416 e. The van der Waals surface area contributed by atoms with Crippen molar-refractivity contribution in [3.05, 3.63) is 29.8 Å². The molecule has 0 unspecified atom stereocenters. The molecule has 4 saturated carbocycles. The maximum atomic E-state index is 13.2. The zero-order valence-corrected chi connectivity index (χ0v) is 20.2. The van der Waals surface area contributed by atoms with Crippen molar-refractivity contribution >= 4 is 15.9 Å². The van der Waals surface area contributed by atoms with E-state index in [1.165, 1.54) is 29.6 Å². The van der Waals surface area contributed by atoms with Gasteiger partial charge in [-0.3, -0.25) is 9.69 Å². The largest absolute Gasteiger partial charge is 0.416 e. The number of amides is 1. The van der Waals surface area contributed by atoms with Crippen LogP contribution in [-0.2, 0) is 21.0 Å². The minimum atomic E-state index is -4.61. The van der Waals surface area contributed by atoms with Crippen molar-refractivity contribution in [2.24, 2.45) is 17.8 Å². The molecule has 6 rings (SSSR count). The highest BCUT2D eigenvalue weighted by molar-refractivity contribution is 7.89. The van der Waals surface area contributed by atoms with E-state index in [0.29, 0.717) is 19.2 Å². The highest BCUT2D eigenvalue weighted by atomic mass is 32.2. The van der Waals surface area contributed by atoms with Crippen molar-refractivity contribution in [2.75, 3.05) is 26.2 Å². The molecule has 10 heteroatoms. The summed E-state index contributed by atoms with van der Waals surface area (Å²) < 4.78 is 66.2. The molecule has 4 aliphatic carbocycles. The summed E-state index contributed by atoms with van der Waals surface area (Å²) in [5.74, 6) is 2.18. The van der Waals surface area contributed by atoms with Gasteiger partial charge in [0.15, 0.2) is 0 Å². The van der Waals surface area contributed by atoms with E-state index >= 15 is 0 Å². The first kappa shape index (κ1) is 24.1. The second-order valence-electron chi connectivity index (χ2n) is 10.8. The Hall–Kier alpha value is -1.65. The van der Waals surface area contributed by atoms with E-state index in [2.05, 4.69) is 5.32 Å². The summed E-state index contributed by atoms with van der Waals surface area (Å²) in [6.07, 6.45) is 2.50. The predicted molar refractivity (Wildman–Crippen MR) is 120 cm³/mol. The summed E-state index contributed by atoms with van der Waals surface area (Å²) in [6, 6.07) is 3.47. The summed E-state index contributed by atoms with van der Waals surface area (Å²) in [7, 11) is -4.04. The Balaban J connectivity index is 1.20. The van der Waals surface area contributed by atoms with Crippen LogP contribution in [0.2, 0.25) is 0 Å². The number of nitrogens with zero attached hydrogens (tertiary/aromatic N) is 2. The number of alkyl halides is 3. The Morgan fingerprint density at radius 1 is 1.03 bits per heavy atom. The van der Waals surface area contributed by atoms with Gasteiger partial charge in [-0.05, 0) is 81.4 Å². The molecule has 1 amide bonds. The number of sulfonamides is 1. The molecule has 1 saturated heterocycles. The molecule has 188 valence electrons. The monoisotopic (exact) mass is 499 g/mol. The second kappa shape index (κ2) is 8.48. The molecule has 1 aromatic rings. The molecule has 5 fully saturated rings. The van der Waals surface area contributed by atoms with Crippen LogP contribution in [0.4, 0.5) is 13.2 Å². The zero-order chi connectivity index (χ0) is 24.3. The third-order valence-electron chi connectivity index (χ3n) is 8.43. The highest BCUT2D eigenvalue weighted by Gasteiger charge is 2.52. The fourth-order valence-corrected chi connectivity index (χ4v) is 8.58. The lowest BCUT2D eigenvalue weighted by molar-refractivity contribution is -0.137. The van der Waals surface area contributed by atoms with Gasteiger partial charge in [-0.1, -0.05) is 6.07 Å². The van der Waals surface area contributed by atoms with E-state index in [4.69, 9.17) is 0 Å². The van der Waals surface area contributed by atoms with Crippen LogP contribution in [0, 0.1) is 17.8 Å². The van der Waals surface area contributed by atoms with Gasteiger partial charge in [0.25, 0.3) is 0 Å². The molecule has 34 heavy (non-hydrogen) atoms. The quantitative estimate of drug-likeness (QED) is 0.674. The van der Waals surface area contributed by atoms with Gasteiger partial charge in [-0.15, -0.1) is 0 Å². The normalized spacial score (nSPS) is 33.1. The molecule has 1 N–H and O–H groups in total. The van der Waals surface area contributed by atoms with Crippen molar-refractivity contribution in [3.63, 3.8) is 0 Å². The fourth-order valence-electron chi connectivity index (χ4n) is 7.11. The van der Waals surface area contributed by atoms with Crippen molar-refractivity contribution < 1.29 is 26.4 Å². The average Bonchev–Trinajstić information content (AvgIpc) is 2.77. The minimum absolute atomic E-state index is 0.00358. The highest BCUT2D eigenvalue weighted by Crippen LogP contribution is 2.55. The molecule has 1 aromatic carbocycles. The number of rotatable bonds is 5. The molecule has 1 atom stereocenters. The van der Waals surface area contributed by atoms with E-state index in [1.807, 2.05) is 11.8 Å². The van der Waals surface area contributed by atoms with Gasteiger partial charge in [-0.25, -0.2) is 8.42 Å². The molecule has 0 spiro atoms. The molecule has 4 bridgehead atoms. The number of hydrogen-bond donors (Lipinski definition) is 1. The first-order chi connectivity index (χ1) is 16.0. The van der Waals surface area contributed by atoms with Crippen LogP contribution >= 0.6 is 0 Å². The standard InChI is InChI=1S/C24H32F3N3O3S/c1-16(22(31)28-23-13-17-9-18(14-23)11-19(10-17)15-23)29-5-7-30(8-6-29)34(32,33)21-4-2-3-20(12-21)24(25,26)27/h2-4,12,16-19H,5-11,13-15H2,1H3,(H,28,31)/t16-,17?,18?,19?,23?/m1/s1. The lowest BCUT2D eigenvalue weighted by Gasteiger charge is -2.57. The Labute approximate surface area is 198 Å². The fraction of sp³-hybridized carbons (Fsp3) is 0.708. The average molecular weight is 500 g/mol. The Morgan fingerprint density at radius 2 is 1.59 bits per heavy atom. The van der Waals surface area contributed by atoms with Gasteiger partial charge >= 0.3 is 6.18 Å². The van der Waals surface area contributed by atoms with Crippen molar-refractivity contribution in [1.29, 1.82) is 0 Å². The Morgan fingerprint density at radius 3 is 2.12 bits per heavy atom. The minimum Gasteiger partial charge on any atom is -0.349 e. The number of halogens is 3. The van der Waals surface area contributed by atoms with Crippen molar-refractivity contribution in [2.45, 2.75) is 68.1 Å². The van der Waals surface area contributed by atoms with E-state index in [9.17, 15) is 26.4 Å². The maximum absolute atomic E-state index is 13.2. The third kappa shape index (κ3) is 4.48. The van der Waals surface area contributed by atoms with Crippen LogP contribution < -0.4 is 5.32 Å². The molecule has 6 nitrogen and oxygen atoms in total. The van der Waals surface area contributed by atoms with Gasteiger partial charge in [0.2, 0.25) is 15.9 Å². The number of carbonyl (C=O) groups is 1. The molecule has 0 radical (unpaired) electrons. The van der Waals surface area contributed by atoms with Gasteiger partial charge in [-0.2, -0.15) is 17.5 Å². The molecule has 1 aliphatic heterocycles. The topological polar surface area (TPSA) is 69.7 Å². The summed E-state index contributed by atoms with van der Waals surface area (Å²) >= 11 is 0. The number of nitrogens with one attached hydrogen (secondary N) is 1. The number of benzene rings is 1. The summed E-state index contributed by atoms with van der Waals surface area (Å²) in [5, 5.41) is 3.39. The van der Waals surface area contributed by atoms with Crippen molar-refractivity contribution in [1.82, 2.24) is 14.5 Å². The van der Waals surface area contributed by atoms with Crippen LogP contribution in [0.25, 0.3) is 0 Å². The predicted octanol–water partition coefficient (Wildman–Crippen LogP) is 3.49. The lowest BCUT2D eigenvalue weighted by atomic mass is 9.53. The number of piperazine rings is 1. The Bertz CT molecular complexity index is 1020. The molecule has 5 aliphatic rings. The summed E-state index contributed by atoms with van der Waals surface area (Å²) in [5.41, 5.74) is -1.06. The molecular formula is C24H32F3N3O3S. The van der Waals surface area contributed by atoms with Gasteiger partial charge in [0.05, 0.1) is 16.5 Å². The van der Waals surface area contributed by atoms with Crippen molar-refractivity contribution in [3.8, 4) is 0 Å². The van der Waals surface area contributed by atoms with Crippen LogP contribution in [-0.4, -0.2) is 61.3 Å². The van der Waals surface area contributed by atoms with E-state index < -0.39 is 21.8 Å². The zero-order valence-electron chi connectivity index (χ0n) is 19.4. The van der Waals surface area contributed by atoms with E-state index in [-0.39, 0.29) is 35.5 Å². The SMILES string of the molecule is C[C@H](C(=O)NC12CC3CC(CC(C3)C1)C2)N1CCN(S(=O)(=O)c2cccc(C(F)(F)F)c2)CC1. The van der Waals surface area contributed by atoms with Crippen LogP contribution in [0.15, 0.2) is 29.2 Å². The summed E-state index contributed by atoms with van der Waals surface area (Å²) in [4.78, 5) is 14.8. The number of carbonyl (C=O) groups excluding carboxylic acids is 1. The van der Waals surface area contributed by atoms with Gasteiger partial charge in [0.1, 0.15) is 0 Å². The molecule has 1 heterocycles. The Kier molecular flexibility index (Phi) is 6.00. The van der Waals surface area contributed by atoms with Crippen LogP contribution in [0.3, 0.4) is 0 Å². The van der Waals surface area contributed by atoms with Crippen LogP contribution in [0.1, 0.15) is 51.0 Å². The van der Waals surface area contributed by atoms with E-state index in [1.54, 1.807) is 0 Å². The lowest BCUT2D eigenvalue weighted by Crippen LogP contribution is -2.63. The van der Waals surface area contributed by atoms with Gasteiger partial charge in [0, 0.05) is 31.7 Å². The molecular weight excluding hydrogens is 467 g/mol. The van der Waals surface area contributed by atoms with Crippen LogP contribution in [0.5, 0.6) is 0 Å². The second-order valence-corrected chi connectivity index (χ2v) is 12.8. The third-order valence-corrected chi connectivity index (χ3v) is 10.3. The molecule has 0 aromatic heterocycles. The summed E-state index contributed by atoms with van der Waals surface area (Å²) in [6.45, 7) is 2.83. The first-order valence-electron chi connectivity index (χ1n) is 12.2.